The van der Waals surface area contributed by atoms with E-state index in [-0.39, 0.29) is 6.10 Å². The molecule has 2 fully saturated rings. The normalized spacial score (nSPS) is 19.6. The van der Waals surface area contributed by atoms with E-state index in [1.165, 1.54) is 6.21 Å². The molecule has 0 bridgehead atoms. The van der Waals surface area contributed by atoms with E-state index in [0.29, 0.717) is 24.4 Å². The van der Waals surface area contributed by atoms with Crippen LogP contribution >= 0.6 is 0 Å². The summed E-state index contributed by atoms with van der Waals surface area (Å²) in [5, 5.41) is 23.9. The predicted octanol–water partition coefficient (Wildman–Crippen LogP) is 3.25. The fourth-order valence-electron chi connectivity index (χ4n) is 4.14. The fourth-order valence-corrected chi connectivity index (χ4v) is 4.14. The van der Waals surface area contributed by atoms with Gasteiger partial charge in [-0.3, -0.25) is 0 Å². The van der Waals surface area contributed by atoms with E-state index < -0.39 is 0 Å². The van der Waals surface area contributed by atoms with E-state index in [0.717, 1.165) is 67.6 Å². The van der Waals surface area contributed by atoms with Gasteiger partial charge in [0.2, 0.25) is 0 Å². The molecule has 7 nitrogen and oxygen atoms in total. The van der Waals surface area contributed by atoms with E-state index in [1.807, 2.05) is 24.3 Å². The Balaban J connectivity index is 1.68. The molecule has 7 heteroatoms. The highest BCUT2D eigenvalue weighted by Crippen LogP contribution is 2.35. The molecule has 0 spiro atoms. The number of morpholine rings is 1. The lowest BCUT2D eigenvalue weighted by atomic mass is 9.97. The number of benzene rings is 1. The Morgan fingerprint density at radius 2 is 2.10 bits per heavy atom. The molecule has 2 aliphatic heterocycles. The first-order valence-corrected chi connectivity index (χ1v) is 11.0. The monoisotopic (exact) mass is 418 g/mol. The number of rotatable bonds is 6. The largest absolute Gasteiger partial charge is 0.381 e. The third-order valence-electron chi connectivity index (χ3n) is 6.10. The van der Waals surface area contributed by atoms with Gasteiger partial charge in [-0.1, -0.05) is 19.1 Å². The average molecular weight is 419 g/mol. The summed E-state index contributed by atoms with van der Waals surface area (Å²) in [5.74, 6) is 1.64. The smallest absolute Gasteiger partial charge is 0.137 e. The first-order chi connectivity index (χ1) is 15.2. The van der Waals surface area contributed by atoms with Gasteiger partial charge in [-0.15, -0.1) is 0 Å². The highest BCUT2D eigenvalue weighted by Gasteiger charge is 2.22. The molecule has 1 aromatic carbocycles. The van der Waals surface area contributed by atoms with Crippen molar-refractivity contribution < 1.29 is 4.74 Å². The maximum atomic E-state index is 9.17. The van der Waals surface area contributed by atoms with Crippen molar-refractivity contribution in [2.75, 3.05) is 49.5 Å². The zero-order valence-electron chi connectivity index (χ0n) is 18.0. The maximum Gasteiger partial charge on any atom is 0.137 e. The quantitative estimate of drug-likeness (QED) is 0.623. The van der Waals surface area contributed by atoms with Crippen LogP contribution in [-0.2, 0) is 4.74 Å². The van der Waals surface area contributed by atoms with Crippen LogP contribution in [0.1, 0.15) is 31.0 Å². The van der Waals surface area contributed by atoms with E-state index in [2.05, 4.69) is 34.6 Å². The zero-order valence-corrected chi connectivity index (χ0v) is 18.0. The molecule has 0 aliphatic carbocycles. The van der Waals surface area contributed by atoms with Gasteiger partial charge >= 0.3 is 0 Å². The number of hydrogen-bond acceptors (Lipinski definition) is 7. The van der Waals surface area contributed by atoms with Gasteiger partial charge in [-0.25, -0.2) is 4.98 Å². The van der Waals surface area contributed by atoms with E-state index in [1.54, 1.807) is 0 Å². The number of anilines is 2. The van der Waals surface area contributed by atoms with Gasteiger partial charge in [0.05, 0.1) is 30.0 Å². The topological polar surface area (TPSA) is 97.1 Å². The van der Waals surface area contributed by atoms with Gasteiger partial charge in [0.1, 0.15) is 11.5 Å². The average Bonchev–Trinajstić information content (AvgIpc) is 2.83. The molecule has 1 atom stereocenters. The lowest BCUT2D eigenvalue weighted by Gasteiger charge is -2.33. The van der Waals surface area contributed by atoms with Crippen molar-refractivity contribution >= 4 is 17.7 Å². The third kappa shape index (κ3) is 5.04. The van der Waals surface area contributed by atoms with Crippen molar-refractivity contribution in [3.63, 3.8) is 0 Å². The Hall–Kier alpha value is -2.95. The zero-order chi connectivity index (χ0) is 21.6. The molecular formula is C24H30N6O. The van der Waals surface area contributed by atoms with Gasteiger partial charge in [0, 0.05) is 44.5 Å². The minimum absolute atomic E-state index is 0.0916. The molecule has 0 radical (unpaired) electrons. The number of aromatic nitrogens is 1. The van der Waals surface area contributed by atoms with Crippen LogP contribution in [0, 0.1) is 22.7 Å². The fraction of sp³-hybridized carbons (Fsp3) is 0.458. The van der Waals surface area contributed by atoms with Gasteiger partial charge in [-0.2, -0.15) is 5.26 Å². The molecule has 2 aromatic rings. The second-order valence-corrected chi connectivity index (χ2v) is 8.37. The van der Waals surface area contributed by atoms with Crippen molar-refractivity contribution in [2.45, 2.75) is 25.9 Å². The first kappa shape index (κ1) is 21.3. The third-order valence-corrected chi connectivity index (χ3v) is 6.10. The Labute approximate surface area is 183 Å². The number of hydrogen-bond donors (Lipinski definition) is 3. The molecule has 3 heterocycles. The SMILES string of the molecule is CC1CCN(c2nc(C=N)c(NCC3CNCCO3)cc2-c2ccc(C#N)cc2)CC1. The van der Waals surface area contributed by atoms with Gasteiger partial charge in [0.15, 0.2) is 0 Å². The summed E-state index contributed by atoms with van der Waals surface area (Å²) >= 11 is 0. The van der Waals surface area contributed by atoms with Crippen molar-refractivity contribution in [1.82, 2.24) is 10.3 Å². The van der Waals surface area contributed by atoms with Crippen LogP contribution in [0.2, 0.25) is 0 Å². The number of nitrogens with zero attached hydrogens (tertiary/aromatic N) is 3. The Bertz CT molecular complexity index is 938. The second-order valence-electron chi connectivity index (χ2n) is 8.37. The molecule has 1 unspecified atom stereocenters. The van der Waals surface area contributed by atoms with Crippen LogP contribution in [-0.4, -0.2) is 56.6 Å². The number of nitriles is 1. The highest BCUT2D eigenvalue weighted by molar-refractivity contribution is 5.89. The molecule has 31 heavy (non-hydrogen) atoms. The molecule has 0 amide bonds. The lowest BCUT2D eigenvalue weighted by molar-refractivity contribution is 0.0372. The number of pyridine rings is 1. The Morgan fingerprint density at radius 3 is 2.74 bits per heavy atom. The summed E-state index contributed by atoms with van der Waals surface area (Å²) in [6.45, 7) is 7.29. The van der Waals surface area contributed by atoms with Crippen LogP contribution < -0.4 is 15.5 Å². The maximum absolute atomic E-state index is 9.17. The molecule has 2 aliphatic rings. The van der Waals surface area contributed by atoms with Crippen LogP contribution in [0.4, 0.5) is 11.5 Å². The summed E-state index contributed by atoms with van der Waals surface area (Å²) in [5.41, 5.74) is 4.15. The van der Waals surface area contributed by atoms with Crippen LogP contribution in [0.5, 0.6) is 0 Å². The molecule has 162 valence electrons. The summed E-state index contributed by atoms with van der Waals surface area (Å²) in [6.07, 6.45) is 3.69. The summed E-state index contributed by atoms with van der Waals surface area (Å²) in [4.78, 5) is 7.25. The Morgan fingerprint density at radius 1 is 1.32 bits per heavy atom. The predicted molar refractivity (Wildman–Crippen MR) is 124 cm³/mol. The number of ether oxygens (including phenoxy) is 1. The summed E-state index contributed by atoms with van der Waals surface area (Å²) in [6, 6.07) is 11.9. The number of nitrogens with one attached hydrogen (secondary N) is 3. The van der Waals surface area contributed by atoms with Crippen molar-refractivity contribution in [1.29, 1.82) is 10.7 Å². The Kier molecular flexibility index (Phi) is 6.80. The van der Waals surface area contributed by atoms with Crippen molar-refractivity contribution in [2.24, 2.45) is 5.92 Å². The lowest BCUT2D eigenvalue weighted by Crippen LogP contribution is -2.42. The minimum Gasteiger partial charge on any atom is -0.381 e. The molecule has 1 aromatic heterocycles. The van der Waals surface area contributed by atoms with Gasteiger partial charge in [-0.05, 0) is 42.5 Å². The van der Waals surface area contributed by atoms with E-state index in [9.17, 15) is 0 Å². The summed E-state index contributed by atoms with van der Waals surface area (Å²) in [7, 11) is 0. The van der Waals surface area contributed by atoms with Crippen LogP contribution in [0.3, 0.4) is 0 Å². The van der Waals surface area contributed by atoms with E-state index in [4.69, 9.17) is 20.4 Å². The second kappa shape index (κ2) is 9.90. The summed E-state index contributed by atoms with van der Waals surface area (Å²) < 4.78 is 5.80. The molecule has 2 saturated heterocycles. The first-order valence-electron chi connectivity index (χ1n) is 11.0. The van der Waals surface area contributed by atoms with Crippen LogP contribution in [0.15, 0.2) is 30.3 Å². The van der Waals surface area contributed by atoms with Crippen molar-refractivity contribution in [3.05, 3.63) is 41.6 Å². The van der Waals surface area contributed by atoms with Crippen molar-refractivity contribution in [3.8, 4) is 17.2 Å². The highest BCUT2D eigenvalue weighted by atomic mass is 16.5. The number of piperidine rings is 1. The molecule has 3 N–H and O–H groups in total. The molecule has 0 saturated carbocycles. The molecule has 4 rings (SSSR count). The minimum atomic E-state index is 0.0916. The van der Waals surface area contributed by atoms with E-state index >= 15 is 0 Å². The van der Waals surface area contributed by atoms with Gasteiger partial charge in [0.25, 0.3) is 0 Å². The standard InChI is InChI=1S/C24H30N6O/c1-17-6-9-30(10-7-17)24-21(19-4-2-18(13-25)3-5-19)12-22(23(14-26)29-24)28-16-20-15-27-8-11-31-20/h2-5,12,14,17,20,26-28H,6-11,15-16H2,1H3. The van der Waals surface area contributed by atoms with Crippen LogP contribution in [0.25, 0.3) is 11.1 Å². The van der Waals surface area contributed by atoms with Gasteiger partial charge < -0.3 is 25.7 Å². The molecular weight excluding hydrogens is 388 g/mol.